The van der Waals surface area contributed by atoms with Crippen molar-refractivity contribution in [3.05, 3.63) is 65.4 Å². The Morgan fingerprint density at radius 1 is 1.03 bits per heavy atom. The second-order valence-corrected chi connectivity index (χ2v) is 6.57. The molecule has 0 bridgehead atoms. The van der Waals surface area contributed by atoms with Crippen LogP contribution in [-0.4, -0.2) is 36.6 Å². The number of guanidine groups is 1. The predicted octanol–water partition coefficient (Wildman–Crippen LogP) is 3.55. The van der Waals surface area contributed by atoms with Gasteiger partial charge in [-0.3, -0.25) is 4.79 Å². The van der Waals surface area contributed by atoms with Crippen molar-refractivity contribution in [2.75, 3.05) is 19.6 Å². The number of aliphatic imine (C=N–C) groups is 1. The number of carbonyl (C=O) groups excluding carboxylic acids is 1. The van der Waals surface area contributed by atoms with Gasteiger partial charge in [0.1, 0.15) is 23.6 Å². The fourth-order valence-corrected chi connectivity index (χ4v) is 2.94. The molecular formula is C22H27IN4O3. The molecule has 7 nitrogen and oxygen atoms in total. The molecule has 0 saturated carbocycles. The normalized spacial score (nSPS) is 11.1. The average molecular weight is 522 g/mol. The molecule has 0 aliphatic rings. The van der Waals surface area contributed by atoms with Crippen molar-refractivity contribution in [3.8, 4) is 5.75 Å². The first-order chi connectivity index (χ1) is 14.1. The van der Waals surface area contributed by atoms with Crippen LogP contribution in [0.3, 0.4) is 0 Å². The average Bonchev–Trinajstić information content (AvgIpc) is 3.05. The lowest BCUT2D eigenvalue weighted by atomic mass is 10.1. The summed E-state index contributed by atoms with van der Waals surface area (Å²) in [7, 11) is 0. The number of rotatable bonds is 7. The highest BCUT2D eigenvalue weighted by Crippen LogP contribution is 2.25. The number of nitrogens with one attached hydrogen (secondary N) is 3. The molecule has 30 heavy (non-hydrogen) atoms. The molecule has 3 rings (SSSR count). The van der Waals surface area contributed by atoms with E-state index in [1.54, 1.807) is 12.1 Å². The summed E-state index contributed by atoms with van der Waals surface area (Å²) < 4.78 is 5.90. The van der Waals surface area contributed by atoms with Crippen molar-refractivity contribution in [1.82, 2.24) is 16.0 Å². The van der Waals surface area contributed by atoms with E-state index in [-0.39, 0.29) is 35.6 Å². The number of benzene rings is 2. The number of phenolic OH excluding ortho intramolecular Hbond substituents is 1. The topological polar surface area (TPSA) is 98.9 Å². The lowest BCUT2D eigenvalue weighted by molar-refractivity contribution is 0.0954. The smallest absolute Gasteiger partial charge is 0.251 e. The van der Waals surface area contributed by atoms with Gasteiger partial charge in [-0.2, -0.15) is 0 Å². The van der Waals surface area contributed by atoms with Crippen LogP contribution in [0.25, 0.3) is 11.0 Å². The van der Waals surface area contributed by atoms with Crippen LogP contribution in [0.5, 0.6) is 5.75 Å². The van der Waals surface area contributed by atoms with Gasteiger partial charge in [0.2, 0.25) is 0 Å². The fourth-order valence-electron chi connectivity index (χ4n) is 2.94. The van der Waals surface area contributed by atoms with E-state index in [2.05, 4.69) is 20.9 Å². The van der Waals surface area contributed by atoms with Crippen LogP contribution in [0.2, 0.25) is 0 Å². The summed E-state index contributed by atoms with van der Waals surface area (Å²) in [5.41, 5.74) is 2.47. The van der Waals surface area contributed by atoms with Gasteiger partial charge in [-0.05, 0) is 44.2 Å². The van der Waals surface area contributed by atoms with Crippen molar-refractivity contribution in [1.29, 1.82) is 0 Å². The second-order valence-electron chi connectivity index (χ2n) is 6.57. The van der Waals surface area contributed by atoms with Gasteiger partial charge in [-0.25, -0.2) is 4.99 Å². The molecule has 0 unspecified atom stereocenters. The largest absolute Gasteiger partial charge is 0.508 e. The van der Waals surface area contributed by atoms with Crippen molar-refractivity contribution in [2.24, 2.45) is 4.99 Å². The highest BCUT2D eigenvalue weighted by atomic mass is 127. The SMILES string of the molecule is CCNC(=NCc1oc2ccccc2c1C)NCCNC(=O)c1ccc(O)cc1.I. The number of para-hydroxylation sites is 1. The van der Waals surface area contributed by atoms with Gasteiger partial charge < -0.3 is 25.5 Å². The maximum Gasteiger partial charge on any atom is 0.251 e. The highest BCUT2D eigenvalue weighted by Gasteiger charge is 2.10. The first kappa shape index (κ1) is 23.5. The van der Waals surface area contributed by atoms with Gasteiger partial charge >= 0.3 is 0 Å². The highest BCUT2D eigenvalue weighted by molar-refractivity contribution is 14.0. The molecule has 2 aromatic carbocycles. The number of carbonyl (C=O) groups is 1. The zero-order chi connectivity index (χ0) is 20.6. The second kappa shape index (κ2) is 11.4. The minimum absolute atomic E-state index is 0. The summed E-state index contributed by atoms with van der Waals surface area (Å²) in [6, 6.07) is 14.1. The summed E-state index contributed by atoms with van der Waals surface area (Å²) in [5, 5.41) is 19.6. The number of aromatic hydroxyl groups is 1. The van der Waals surface area contributed by atoms with Gasteiger partial charge in [0, 0.05) is 36.1 Å². The van der Waals surface area contributed by atoms with Crippen molar-refractivity contribution in [2.45, 2.75) is 20.4 Å². The third-order valence-electron chi connectivity index (χ3n) is 4.50. The molecule has 0 fully saturated rings. The van der Waals surface area contributed by atoms with E-state index < -0.39 is 0 Å². The number of nitrogens with zero attached hydrogens (tertiary/aromatic N) is 1. The molecule has 1 aromatic heterocycles. The van der Waals surface area contributed by atoms with Crippen LogP contribution in [0.15, 0.2) is 57.9 Å². The van der Waals surface area contributed by atoms with E-state index in [1.165, 1.54) is 12.1 Å². The van der Waals surface area contributed by atoms with E-state index in [1.807, 2.05) is 38.1 Å². The van der Waals surface area contributed by atoms with Crippen LogP contribution in [0, 0.1) is 6.92 Å². The Kier molecular flexibility index (Phi) is 8.97. The van der Waals surface area contributed by atoms with Crippen LogP contribution < -0.4 is 16.0 Å². The van der Waals surface area contributed by atoms with Gasteiger partial charge in [0.15, 0.2) is 5.96 Å². The molecule has 8 heteroatoms. The molecule has 160 valence electrons. The summed E-state index contributed by atoms with van der Waals surface area (Å²) in [6.45, 7) is 6.15. The Morgan fingerprint density at radius 2 is 1.73 bits per heavy atom. The first-order valence-electron chi connectivity index (χ1n) is 9.65. The van der Waals surface area contributed by atoms with Crippen molar-refractivity contribution < 1.29 is 14.3 Å². The number of fused-ring (bicyclic) bond motifs is 1. The van der Waals surface area contributed by atoms with Crippen LogP contribution >= 0.6 is 24.0 Å². The minimum atomic E-state index is -0.188. The Bertz CT molecular complexity index is 999. The Balaban J connectivity index is 0.00000320. The molecule has 0 aliphatic heterocycles. The van der Waals surface area contributed by atoms with Crippen LogP contribution in [0.1, 0.15) is 28.6 Å². The van der Waals surface area contributed by atoms with Gasteiger partial charge in [0.05, 0.1) is 0 Å². The summed E-state index contributed by atoms with van der Waals surface area (Å²) >= 11 is 0. The van der Waals surface area contributed by atoms with Crippen LogP contribution in [-0.2, 0) is 6.54 Å². The number of furan rings is 1. The monoisotopic (exact) mass is 522 g/mol. The van der Waals surface area contributed by atoms with Crippen LogP contribution in [0.4, 0.5) is 0 Å². The fraction of sp³-hybridized carbons (Fsp3) is 0.273. The maximum absolute atomic E-state index is 12.1. The zero-order valence-corrected chi connectivity index (χ0v) is 19.4. The molecule has 4 N–H and O–H groups in total. The Morgan fingerprint density at radius 3 is 2.43 bits per heavy atom. The third kappa shape index (κ3) is 6.12. The maximum atomic E-state index is 12.1. The summed E-state index contributed by atoms with van der Waals surface area (Å²) in [4.78, 5) is 16.7. The van der Waals surface area contributed by atoms with Gasteiger partial charge in [0.25, 0.3) is 5.91 Å². The number of hydrogen-bond acceptors (Lipinski definition) is 4. The van der Waals surface area contributed by atoms with Gasteiger partial charge in [-0.1, -0.05) is 18.2 Å². The standard InChI is InChI=1S/C22H26N4O3.HI/c1-3-23-22(25-13-12-24-21(28)16-8-10-17(27)11-9-16)26-14-20-15(2)18-6-4-5-7-19(18)29-20;/h4-11,27H,3,12-14H2,1-2H3,(H,24,28)(H2,23,25,26);1H. The lowest BCUT2D eigenvalue weighted by Gasteiger charge is -2.11. The lowest BCUT2D eigenvalue weighted by Crippen LogP contribution is -2.41. The molecular weight excluding hydrogens is 495 g/mol. The quantitative estimate of drug-likeness (QED) is 0.165. The van der Waals surface area contributed by atoms with E-state index in [9.17, 15) is 9.90 Å². The molecule has 0 aliphatic carbocycles. The van der Waals surface area contributed by atoms with Gasteiger partial charge in [-0.15, -0.1) is 24.0 Å². The Hall–Kier alpha value is -2.75. The number of hydrogen-bond donors (Lipinski definition) is 4. The first-order valence-corrected chi connectivity index (χ1v) is 9.65. The molecule has 3 aromatic rings. The van der Waals surface area contributed by atoms with E-state index in [4.69, 9.17) is 4.42 Å². The number of halogens is 1. The van der Waals surface area contributed by atoms with E-state index in [0.29, 0.717) is 31.2 Å². The predicted molar refractivity (Wildman–Crippen MR) is 130 cm³/mol. The summed E-state index contributed by atoms with van der Waals surface area (Å²) in [6.07, 6.45) is 0. The summed E-state index contributed by atoms with van der Waals surface area (Å²) in [5.74, 6) is 1.44. The third-order valence-corrected chi connectivity index (χ3v) is 4.50. The minimum Gasteiger partial charge on any atom is -0.508 e. The number of amides is 1. The molecule has 0 spiro atoms. The van der Waals surface area contributed by atoms with E-state index >= 15 is 0 Å². The molecule has 0 saturated heterocycles. The zero-order valence-electron chi connectivity index (χ0n) is 17.1. The van der Waals surface area contributed by atoms with Crippen molar-refractivity contribution >= 4 is 46.8 Å². The molecule has 0 atom stereocenters. The number of phenols is 1. The Labute approximate surface area is 193 Å². The molecule has 1 amide bonds. The van der Waals surface area contributed by atoms with Crippen molar-refractivity contribution in [3.63, 3.8) is 0 Å². The number of aryl methyl sites for hydroxylation is 1. The van der Waals surface area contributed by atoms with E-state index in [0.717, 1.165) is 28.8 Å². The molecule has 0 radical (unpaired) electrons. The molecule has 1 heterocycles.